The van der Waals surface area contributed by atoms with Crippen LogP contribution in [0.25, 0.3) is 43.1 Å². The summed E-state index contributed by atoms with van der Waals surface area (Å²) < 4.78 is 0. The van der Waals surface area contributed by atoms with E-state index >= 15 is 0 Å². The smallest absolute Gasteiger partial charge is 0.00202 e. The van der Waals surface area contributed by atoms with Crippen LogP contribution in [-0.4, -0.2) is 0 Å². The summed E-state index contributed by atoms with van der Waals surface area (Å²) in [5.41, 5.74) is 2.71. The van der Waals surface area contributed by atoms with Crippen LogP contribution < -0.4 is 0 Å². The second kappa shape index (κ2) is 3.98. The van der Waals surface area contributed by atoms with E-state index in [1.165, 1.54) is 54.2 Å². The van der Waals surface area contributed by atoms with E-state index in [0.29, 0.717) is 0 Å². The van der Waals surface area contributed by atoms with Gasteiger partial charge in [-0.25, -0.2) is 0 Å². The molecule has 0 N–H and O–H groups in total. The van der Waals surface area contributed by atoms with Crippen molar-refractivity contribution in [3.63, 3.8) is 0 Å². The fraction of sp³-hybridized carbons (Fsp3) is 0.0909. The van der Waals surface area contributed by atoms with E-state index in [4.69, 9.17) is 0 Å². The van der Waals surface area contributed by atoms with Crippen LogP contribution in [0.3, 0.4) is 0 Å². The van der Waals surface area contributed by atoms with Crippen molar-refractivity contribution in [2.45, 2.75) is 13.8 Å². The van der Waals surface area contributed by atoms with E-state index in [9.17, 15) is 0 Å². The van der Waals surface area contributed by atoms with Gasteiger partial charge in [0.2, 0.25) is 0 Å². The summed E-state index contributed by atoms with van der Waals surface area (Å²) in [4.78, 5) is 0. The number of rotatable bonds is 0. The quantitative estimate of drug-likeness (QED) is 0.229. The first-order chi connectivity index (χ1) is 10.7. The van der Waals surface area contributed by atoms with Crippen molar-refractivity contribution in [2.75, 3.05) is 0 Å². The second-order valence-electron chi connectivity index (χ2n) is 6.35. The molecule has 0 aromatic heterocycles. The van der Waals surface area contributed by atoms with Gasteiger partial charge in [-0.1, -0.05) is 54.6 Å². The fourth-order valence-corrected chi connectivity index (χ4v) is 3.97. The number of aryl methyl sites for hydroxylation is 2. The van der Waals surface area contributed by atoms with Gasteiger partial charge in [-0.15, -0.1) is 0 Å². The second-order valence-corrected chi connectivity index (χ2v) is 6.35. The molecule has 0 aliphatic rings. The summed E-state index contributed by atoms with van der Waals surface area (Å²) in [6, 6.07) is 22.5. The van der Waals surface area contributed by atoms with Crippen LogP contribution in [0.1, 0.15) is 11.1 Å². The first kappa shape index (κ1) is 12.0. The van der Waals surface area contributed by atoms with Gasteiger partial charge >= 0.3 is 0 Å². The highest BCUT2D eigenvalue weighted by Gasteiger charge is 2.12. The van der Waals surface area contributed by atoms with E-state index < -0.39 is 0 Å². The normalized spacial score (nSPS) is 12.1. The van der Waals surface area contributed by atoms with E-state index in [0.717, 1.165) is 0 Å². The SMILES string of the molecule is Cc1ccc(C)c2c1cc1ccc3cccc4ccc2c1c34. The third-order valence-electron chi connectivity index (χ3n) is 5.05. The topological polar surface area (TPSA) is 0 Å². The Morgan fingerprint density at radius 1 is 0.500 bits per heavy atom. The minimum atomic E-state index is 1.33. The molecule has 0 heteroatoms. The van der Waals surface area contributed by atoms with Crippen molar-refractivity contribution in [3.05, 3.63) is 71.8 Å². The maximum Gasteiger partial charge on any atom is -0.00202 e. The van der Waals surface area contributed by atoms with Crippen LogP contribution in [0.2, 0.25) is 0 Å². The fourth-order valence-electron chi connectivity index (χ4n) is 3.97. The summed E-state index contributed by atoms with van der Waals surface area (Å²) in [5.74, 6) is 0. The molecule has 0 saturated heterocycles. The maximum atomic E-state index is 2.37. The molecule has 0 radical (unpaired) electrons. The Balaban J connectivity index is 2.22. The van der Waals surface area contributed by atoms with Crippen LogP contribution in [0.15, 0.2) is 60.7 Å². The lowest BCUT2D eigenvalue weighted by molar-refractivity contribution is 1.47. The van der Waals surface area contributed by atoms with Crippen LogP contribution in [0.5, 0.6) is 0 Å². The van der Waals surface area contributed by atoms with Gasteiger partial charge in [-0.2, -0.15) is 0 Å². The van der Waals surface area contributed by atoms with E-state index in [1.807, 2.05) is 0 Å². The van der Waals surface area contributed by atoms with E-state index in [-0.39, 0.29) is 0 Å². The summed E-state index contributed by atoms with van der Waals surface area (Å²) >= 11 is 0. The highest BCUT2D eigenvalue weighted by molar-refractivity contribution is 6.29. The average molecular weight is 280 g/mol. The number of benzene rings is 5. The molecule has 0 fully saturated rings. The monoisotopic (exact) mass is 280 g/mol. The Morgan fingerprint density at radius 3 is 2.00 bits per heavy atom. The van der Waals surface area contributed by atoms with Gasteiger partial charge in [0.15, 0.2) is 0 Å². The minimum absolute atomic E-state index is 1.33. The molecule has 5 aromatic rings. The molecule has 0 heterocycles. The molecule has 0 unspecified atom stereocenters. The molecular weight excluding hydrogens is 264 g/mol. The van der Waals surface area contributed by atoms with E-state index in [1.54, 1.807) is 0 Å². The van der Waals surface area contributed by atoms with Crippen molar-refractivity contribution in [1.82, 2.24) is 0 Å². The Kier molecular flexibility index (Phi) is 2.17. The molecule has 0 nitrogen and oxygen atoms in total. The first-order valence-electron chi connectivity index (χ1n) is 7.80. The predicted molar refractivity (Wildman–Crippen MR) is 97.1 cm³/mol. The maximum absolute atomic E-state index is 2.37. The van der Waals surface area contributed by atoms with Gasteiger partial charge < -0.3 is 0 Å². The number of hydrogen-bond donors (Lipinski definition) is 0. The third-order valence-corrected chi connectivity index (χ3v) is 5.05. The lowest BCUT2D eigenvalue weighted by Gasteiger charge is -2.15. The third kappa shape index (κ3) is 1.37. The molecule has 0 aliphatic heterocycles. The average Bonchev–Trinajstić information content (AvgIpc) is 2.55. The zero-order chi connectivity index (χ0) is 14.8. The molecule has 5 rings (SSSR count). The van der Waals surface area contributed by atoms with Crippen molar-refractivity contribution in [3.8, 4) is 0 Å². The predicted octanol–water partition coefficient (Wildman–Crippen LogP) is 6.35. The first-order valence-corrected chi connectivity index (χ1v) is 7.80. The molecular formula is C22H16. The summed E-state index contributed by atoms with van der Waals surface area (Å²) in [6.07, 6.45) is 0. The van der Waals surface area contributed by atoms with Crippen LogP contribution >= 0.6 is 0 Å². The van der Waals surface area contributed by atoms with Crippen molar-refractivity contribution in [1.29, 1.82) is 0 Å². The Hall–Kier alpha value is -2.60. The van der Waals surface area contributed by atoms with Crippen LogP contribution in [-0.2, 0) is 0 Å². The van der Waals surface area contributed by atoms with Crippen LogP contribution in [0.4, 0.5) is 0 Å². The van der Waals surface area contributed by atoms with Gasteiger partial charge in [0, 0.05) is 0 Å². The lowest BCUT2D eigenvalue weighted by atomic mass is 9.88. The van der Waals surface area contributed by atoms with Gasteiger partial charge in [-0.3, -0.25) is 0 Å². The van der Waals surface area contributed by atoms with Gasteiger partial charge in [0.1, 0.15) is 0 Å². The summed E-state index contributed by atoms with van der Waals surface area (Å²) in [5, 5.41) is 11.0. The highest BCUT2D eigenvalue weighted by atomic mass is 14.2. The summed E-state index contributed by atoms with van der Waals surface area (Å²) in [7, 11) is 0. The zero-order valence-corrected chi connectivity index (χ0v) is 12.8. The van der Waals surface area contributed by atoms with Crippen molar-refractivity contribution in [2.24, 2.45) is 0 Å². The largest absolute Gasteiger partial charge is 0.0610 e. The molecule has 0 saturated carbocycles. The molecule has 104 valence electrons. The molecule has 5 aromatic carbocycles. The highest BCUT2D eigenvalue weighted by Crippen LogP contribution is 2.39. The van der Waals surface area contributed by atoms with Gasteiger partial charge in [-0.05, 0) is 74.1 Å². The molecule has 22 heavy (non-hydrogen) atoms. The number of hydrogen-bond acceptors (Lipinski definition) is 0. The molecule has 0 aliphatic carbocycles. The minimum Gasteiger partial charge on any atom is -0.0610 e. The number of fused-ring (bicyclic) bond motifs is 2. The van der Waals surface area contributed by atoms with Crippen molar-refractivity contribution < 1.29 is 0 Å². The lowest BCUT2D eigenvalue weighted by Crippen LogP contribution is -1.89. The van der Waals surface area contributed by atoms with E-state index in [2.05, 4.69) is 74.5 Å². The molecule has 0 bridgehead atoms. The Labute approximate surface area is 129 Å². The summed E-state index contributed by atoms with van der Waals surface area (Å²) in [6.45, 7) is 4.43. The van der Waals surface area contributed by atoms with Gasteiger partial charge in [0.05, 0.1) is 0 Å². The molecule has 0 amide bonds. The Bertz CT molecular complexity index is 1160. The molecule has 0 spiro atoms. The zero-order valence-electron chi connectivity index (χ0n) is 12.8. The Morgan fingerprint density at radius 2 is 1.18 bits per heavy atom. The van der Waals surface area contributed by atoms with Crippen LogP contribution in [0, 0.1) is 13.8 Å². The van der Waals surface area contributed by atoms with Crippen molar-refractivity contribution >= 4 is 43.1 Å². The van der Waals surface area contributed by atoms with Gasteiger partial charge in [0.25, 0.3) is 0 Å². The standard InChI is InChI=1S/C22H16/c1-13-6-7-14(2)20-18-11-10-16-5-3-4-15-8-9-17(12-19(13)20)22(18)21(15)16/h3-12H,1-2H3. The molecule has 0 atom stereocenters.